The van der Waals surface area contributed by atoms with Crippen molar-refractivity contribution in [2.24, 2.45) is 0 Å². The normalized spacial score (nSPS) is 13.1. The molecule has 2 amide bonds. The van der Waals surface area contributed by atoms with E-state index in [2.05, 4.69) is 5.32 Å². The van der Waals surface area contributed by atoms with Crippen molar-refractivity contribution in [3.05, 3.63) is 62.1 Å². The van der Waals surface area contributed by atoms with Crippen LogP contribution in [0.5, 0.6) is 0 Å². The molecule has 0 saturated heterocycles. The maximum atomic E-state index is 13.7. The predicted octanol–water partition coefficient (Wildman–Crippen LogP) is 5.79. The SMILES string of the molecule is CC[C@H](C(=O)N[C@@H](C)CC)N(Cc1ccc(Cl)cc1Cl)C(=O)CN(c1cc(Cl)ccc1Cl)S(C)(=O)=O. The zero-order chi connectivity index (χ0) is 27.2. The molecule has 0 radical (unpaired) electrons. The highest BCUT2D eigenvalue weighted by Gasteiger charge is 2.33. The van der Waals surface area contributed by atoms with E-state index in [4.69, 9.17) is 46.4 Å². The van der Waals surface area contributed by atoms with Crippen molar-refractivity contribution in [1.82, 2.24) is 10.2 Å². The van der Waals surface area contributed by atoms with E-state index < -0.39 is 28.5 Å². The van der Waals surface area contributed by atoms with Gasteiger partial charge in [-0.05, 0) is 55.7 Å². The minimum absolute atomic E-state index is 0.0395. The molecule has 198 valence electrons. The van der Waals surface area contributed by atoms with Gasteiger partial charge < -0.3 is 10.2 Å². The first-order valence-electron chi connectivity index (χ1n) is 11.2. The highest BCUT2D eigenvalue weighted by atomic mass is 35.5. The average Bonchev–Trinajstić information content (AvgIpc) is 2.79. The summed E-state index contributed by atoms with van der Waals surface area (Å²) in [7, 11) is -3.95. The number of hydrogen-bond acceptors (Lipinski definition) is 4. The van der Waals surface area contributed by atoms with E-state index in [1.807, 2.05) is 13.8 Å². The Bertz CT molecular complexity index is 1210. The van der Waals surface area contributed by atoms with E-state index in [0.717, 1.165) is 10.6 Å². The molecule has 0 aliphatic heterocycles. The van der Waals surface area contributed by atoms with Gasteiger partial charge in [-0.15, -0.1) is 0 Å². The van der Waals surface area contributed by atoms with Crippen molar-refractivity contribution in [3.63, 3.8) is 0 Å². The van der Waals surface area contributed by atoms with Gasteiger partial charge in [0, 0.05) is 27.7 Å². The van der Waals surface area contributed by atoms with Crippen LogP contribution in [0, 0.1) is 0 Å². The molecule has 2 atom stereocenters. The van der Waals surface area contributed by atoms with Crippen LogP contribution in [-0.4, -0.2) is 50.0 Å². The Morgan fingerprint density at radius 1 is 0.944 bits per heavy atom. The lowest BCUT2D eigenvalue weighted by molar-refractivity contribution is -0.140. The van der Waals surface area contributed by atoms with Crippen LogP contribution in [0.3, 0.4) is 0 Å². The molecule has 2 rings (SSSR count). The van der Waals surface area contributed by atoms with Gasteiger partial charge >= 0.3 is 0 Å². The molecule has 2 aromatic carbocycles. The van der Waals surface area contributed by atoms with Crippen LogP contribution < -0.4 is 9.62 Å². The molecule has 0 aliphatic carbocycles. The van der Waals surface area contributed by atoms with E-state index >= 15 is 0 Å². The molecule has 0 unspecified atom stereocenters. The lowest BCUT2D eigenvalue weighted by Crippen LogP contribution is -2.53. The van der Waals surface area contributed by atoms with E-state index in [-0.39, 0.29) is 40.6 Å². The summed E-state index contributed by atoms with van der Waals surface area (Å²) >= 11 is 24.7. The second-order valence-corrected chi connectivity index (χ2v) is 12.0. The lowest BCUT2D eigenvalue weighted by Gasteiger charge is -2.33. The molecule has 0 heterocycles. The van der Waals surface area contributed by atoms with Crippen molar-refractivity contribution in [1.29, 1.82) is 0 Å². The number of anilines is 1. The quantitative estimate of drug-likeness (QED) is 0.356. The Labute approximate surface area is 232 Å². The number of benzene rings is 2. The van der Waals surface area contributed by atoms with E-state index in [1.165, 1.54) is 29.2 Å². The molecule has 2 aromatic rings. The summed E-state index contributed by atoms with van der Waals surface area (Å²) in [6, 6.07) is 8.15. The largest absolute Gasteiger partial charge is 0.352 e. The van der Waals surface area contributed by atoms with Crippen molar-refractivity contribution < 1.29 is 18.0 Å². The van der Waals surface area contributed by atoms with Crippen molar-refractivity contribution in [2.75, 3.05) is 17.1 Å². The minimum Gasteiger partial charge on any atom is -0.352 e. The molecule has 12 heteroatoms. The molecule has 0 fully saturated rings. The Balaban J connectivity index is 2.52. The topological polar surface area (TPSA) is 86.8 Å². The third-order valence-electron chi connectivity index (χ3n) is 5.60. The molecule has 0 aromatic heterocycles. The van der Waals surface area contributed by atoms with Crippen LogP contribution in [0.2, 0.25) is 20.1 Å². The van der Waals surface area contributed by atoms with Gasteiger partial charge in [0.25, 0.3) is 0 Å². The molecule has 7 nitrogen and oxygen atoms in total. The first kappa shape index (κ1) is 30.5. The number of nitrogens with zero attached hydrogens (tertiary/aromatic N) is 2. The fourth-order valence-corrected chi connectivity index (χ4v) is 5.22. The summed E-state index contributed by atoms with van der Waals surface area (Å²) in [5.41, 5.74) is 0.609. The third-order valence-corrected chi connectivity index (χ3v) is 7.87. The zero-order valence-electron chi connectivity index (χ0n) is 20.4. The van der Waals surface area contributed by atoms with Gasteiger partial charge in [0.05, 0.1) is 17.0 Å². The predicted molar refractivity (Wildman–Crippen MR) is 148 cm³/mol. The highest BCUT2D eigenvalue weighted by molar-refractivity contribution is 7.92. The van der Waals surface area contributed by atoms with Gasteiger partial charge in [-0.25, -0.2) is 8.42 Å². The van der Waals surface area contributed by atoms with Crippen LogP contribution >= 0.6 is 46.4 Å². The number of halogens is 4. The summed E-state index contributed by atoms with van der Waals surface area (Å²) in [4.78, 5) is 28.2. The molecule has 0 saturated carbocycles. The van der Waals surface area contributed by atoms with Crippen LogP contribution in [0.15, 0.2) is 36.4 Å². The number of carbonyl (C=O) groups is 2. The average molecular weight is 597 g/mol. The second kappa shape index (κ2) is 13.2. The summed E-state index contributed by atoms with van der Waals surface area (Å²) in [6.07, 6.45) is 1.95. The summed E-state index contributed by atoms with van der Waals surface area (Å²) in [5.74, 6) is -0.967. The Morgan fingerprint density at radius 2 is 1.56 bits per heavy atom. The first-order valence-corrected chi connectivity index (χ1v) is 14.6. The van der Waals surface area contributed by atoms with Crippen molar-refractivity contribution >= 4 is 73.9 Å². The second-order valence-electron chi connectivity index (χ2n) is 8.36. The molecule has 1 N–H and O–H groups in total. The number of carbonyl (C=O) groups excluding carboxylic acids is 2. The third kappa shape index (κ3) is 8.15. The van der Waals surface area contributed by atoms with E-state index in [1.54, 1.807) is 19.1 Å². The molecular weight excluding hydrogens is 568 g/mol. The first-order chi connectivity index (χ1) is 16.8. The van der Waals surface area contributed by atoms with Crippen LogP contribution in [0.25, 0.3) is 0 Å². The van der Waals surface area contributed by atoms with Crippen molar-refractivity contribution in [2.45, 2.75) is 52.2 Å². The maximum Gasteiger partial charge on any atom is 0.244 e. The van der Waals surface area contributed by atoms with Crippen LogP contribution in [0.4, 0.5) is 5.69 Å². The van der Waals surface area contributed by atoms with Gasteiger partial charge in [-0.1, -0.05) is 66.3 Å². The Hall–Kier alpha value is -1.71. The van der Waals surface area contributed by atoms with Gasteiger partial charge in [0.15, 0.2) is 0 Å². The van der Waals surface area contributed by atoms with E-state index in [9.17, 15) is 18.0 Å². The number of nitrogens with one attached hydrogen (secondary N) is 1. The Kier molecular flexibility index (Phi) is 11.2. The van der Waals surface area contributed by atoms with Crippen LogP contribution in [-0.2, 0) is 26.2 Å². The van der Waals surface area contributed by atoms with Gasteiger partial charge in [-0.3, -0.25) is 13.9 Å². The fraction of sp³-hybridized carbons (Fsp3) is 0.417. The Morgan fingerprint density at radius 3 is 2.11 bits per heavy atom. The molecular formula is C24H29Cl4N3O4S. The minimum atomic E-state index is -3.95. The smallest absolute Gasteiger partial charge is 0.244 e. The standard InChI is InChI=1S/C24H29Cl4N3O4S/c1-5-15(3)29-24(33)21(6-2)30(13-16-7-8-17(25)11-20(16)28)23(32)14-31(36(4,34)35)22-12-18(26)9-10-19(22)27/h7-12,15,21H,5-6,13-14H2,1-4H3,(H,29,33)/t15-,21+/m0/s1. The van der Waals surface area contributed by atoms with Gasteiger partial charge in [-0.2, -0.15) is 0 Å². The molecule has 36 heavy (non-hydrogen) atoms. The summed E-state index contributed by atoms with van der Waals surface area (Å²) in [6.45, 7) is 4.92. The molecule has 0 aliphatic rings. The molecule has 0 bridgehead atoms. The monoisotopic (exact) mass is 595 g/mol. The number of rotatable bonds is 11. The summed E-state index contributed by atoms with van der Waals surface area (Å²) in [5, 5.41) is 3.99. The number of sulfonamides is 1. The zero-order valence-corrected chi connectivity index (χ0v) is 24.2. The number of hydrogen-bond donors (Lipinski definition) is 1. The highest BCUT2D eigenvalue weighted by Crippen LogP contribution is 2.31. The van der Waals surface area contributed by atoms with Crippen LogP contribution in [0.1, 0.15) is 39.2 Å². The lowest BCUT2D eigenvalue weighted by atomic mass is 10.1. The number of amides is 2. The fourth-order valence-electron chi connectivity index (χ4n) is 3.47. The summed E-state index contributed by atoms with van der Waals surface area (Å²) < 4.78 is 26.3. The van der Waals surface area contributed by atoms with Gasteiger partial charge in [0.1, 0.15) is 12.6 Å². The van der Waals surface area contributed by atoms with Crippen molar-refractivity contribution in [3.8, 4) is 0 Å². The molecule has 0 spiro atoms. The van der Waals surface area contributed by atoms with E-state index in [0.29, 0.717) is 22.0 Å². The maximum absolute atomic E-state index is 13.7. The van der Waals surface area contributed by atoms with Gasteiger partial charge in [0.2, 0.25) is 21.8 Å².